The molecule has 0 saturated heterocycles. The van der Waals surface area contributed by atoms with Gasteiger partial charge in [0.05, 0.1) is 12.1 Å². The van der Waals surface area contributed by atoms with Gasteiger partial charge >= 0.3 is 11.9 Å². The zero-order chi connectivity index (χ0) is 33.1. The Hall–Kier alpha value is -3.12. The number of rotatable bonds is 16. The Morgan fingerprint density at radius 1 is 0.674 bits per heavy atom. The van der Waals surface area contributed by atoms with Crippen LogP contribution in [0.25, 0.3) is 0 Å². The lowest BCUT2D eigenvalue weighted by Gasteiger charge is -2.30. The lowest BCUT2D eigenvalue weighted by Crippen LogP contribution is -2.46. The SMILES string of the molecule is CCN(CC)C(COc1cc(C)n(C2CCCCC2)n1)OC(=O)C(=O)OC(COc1cc(C)n(C2CCCCC2)n1)N(CC)CC. The van der Waals surface area contributed by atoms with Crippen molar-refractivity contribution < 1.29 is 28.5 Å². The summed E-state index contributed by atoms with van der Waals surface area (Å²) in [7, 11) is 0. The number of aromatic nitrogens is 4. The third kappa shape index (κ3) is 9.47. The van der Waals surface area contributed by atoms with Crippen LogP contribution in [0.2, 0.25) is 0 Å². The molecule has 2 aromatic rings. The first-order chi connectivity index (χ1) is 22.3. The molecule has 2 fully saturated rings. The number of nitrogens with zero attached hydrogens (tertiary/aromatic N) is 6. The molecule has 0 N–H and O–H groups in total. The quantitative estimate of drug-likeness (QED) is 0.130. The van der Waals surface area contributed by atoms with Crippen molar-refractivity contribution in [1.29, 1.82) is 0 Å². The van der Waals surface area contributed by atoms with E-state index in [2.05, 4.69) is 9.36 Å². The maximum absolute atomic E-state index is 13.1. The molecule has 4 rings (SSSR count). The monoisotopic (exact) mass is 644 g/mol. The van der Waals surface area contributed by atoms with E-state index in [1.165, 1.54) is 38.5 Å². The summed E-state index contributed by atoms with van der Waals surface area (Å²) < 4.78 is 27.6. The van der Waals surface area contributed by atoms with Crippen molar-refractivity contribution in [2.75, 3.05) is 39.4 Å². The highest BCUT2D eigenvalue weighted by Gasteiger charge is 2.31. The molecule has 2 unspecified atom stereocenters. The molecule has 0 spiro atoms. The molecule has 12 heteroatoms. The van der Waals surface area contributed by atoms with Crippen molar-refractivity contribution in [3.8, 4) is 11.8 Å². The number of aryl methyl sites for hydroxylation is 2. The number of hydrogen-bond donors (Lipinski definition) is 0. The molecular weight excluding hydrogens is 588 g/mol. The highest BCUT2D eigenvalue weighted by Crippen LogP contribution is 2.31. The van der Waals surface area contributed by atoms with Gasteiger partial charge in [0.2, 0.25) is 11.8 Å². The number of carbonyl (C=O) groups excluding carboxylic acids is 2. The van der Waals surface area contributed by atoms with E-state index in [-0.39, 0.29) is 13.2 Å². The van der Waals surface area contributed by atoms with E-state index < -0.39 is 24.4 Å². The van der Waals surface area contributed by atoms with Gasteiger partial charge in [-0.1, -0.05) is 66.2 Å². The molecule has 2 atom stereocenters. The first-order valence-electron chi connectivity index (χ1n) is 17.5. The Bertz CT molecular complexity index is 1130. The molecule has 2 aliphatic rings. The van der Waals surface area contributed by atoms with E-state index in [9.17, 15) is 9.59 Å². The van der Waals surface area contributed by atoms with Crippen LogP contribution in [0.5, 0.6) is 11.8 Å². The van der Waals surface area contributed by atoms with E-state index in [1.807, 2.05) is 63.5 Å². The van der Waals surface area contributed by atoms with Crippen LogP contribution in [-0.2, 0) is 19.1 Å². The van der Waals surface area contributed by atoms with E-state index in [0.29, 0.717) is 50.0 Å². The van der Waals surface area contributed by atoms with Gasteiger partial charge in [0, 0.05) is 23.5 Å². The van der Waals surface area contributed by atoms with Crippen LogP contribution in [0.15, 0.2) is 12.1 Å². The Morgan fingerprint density at radius 3 is 1.35 bits per heavy atom. The zero-order valence-corrected chi connectivity index (χ0v) is 28.9. The maximum Gasteiger partial charge on any atom is 0.419 e. The van der Waals surface area contributed by atoms with E-state index in [1.54, 1.807) is 0 Å². The summed E-state index contributed by atoms with van der Waals surface area (Å²) in [5, 5.41) is 9.41. The van der Waals surface area contributed by atoms with Crippen LogP contribution in [-0.4, -0.2) is 93.1 Å². The van der Waals surface area contributed by atoms with Crippen molar-refractivity contribution >= 4 is 11.9 Å². The summed E-state index contributed by atoms with van der Waals surface area (Å²) in [5.41, 5.74) is 2.09. The number of ether oxygens (including phenoxy) is 4. The van der Waals surface area contributed by atoms with Gasteiger partial charge in [-0.3, -0.25) is 19.2 Å². The van der Waals surface area contributed by atoms with Gasteiger partial charge in [0.25, 0.3) is 0 Å². The van der Waals surface area contributed by atoms with Crippen LogP contribution < -0.4 is 9.47 Å². The molecule has 0 aliphatic heterocycles. The van der Waals surface area contributed by atoms with Crippen molar-refractivity contribution in [3.05, 3.63) is 23.5 Å². The van der Waals surface area contributed by atoms with Crippen LogP contribution in [0.4, 0.5) is 0 Å². The van der Waals surface area contributed by atoms with Crippen LogP contribution in [0.3, 0.4) is 0 Å². The van der Waals surface area contributed by atoms with Crippen LogP contribution >= 0.6 is 0 Å². The molecule has 2 heterocycles. The lowest BCUT2D eigenvalue weighted by molar-refractivity contribution is -0.187. The molecule has 12 nitrogen and oxygen atoms in total. The average Bonchev–Trinajstić information content (AvgIpc) is 3.65. The van der Waals surface area contributed by atoms with Crippen molar-refractivity contribution in [2.45, 2.75) is 130 Å². The molecule has 0 radical (unpaired) electrons. The van der Waals surface area contributed by atoms with Crippen molar-refractivity contribution in [1.82, 2.24) is 29.4 Å². The van der Waals surface area contributed by atoms with E-state index >= 15 is 0 Å². The van der Waals surface area contributed by atoms with Gasteiger partial charge in [-0.15, -0.1) is 10.2 Å². The summed E-state index contributed by atoms with van der Waals surface area (Å²) in [6, 6.07) is 4.60. The standard InChI is InChI=1S/C34H56N6O6/c1-7-37(8-2)31(23-43-29-21-25(5)39(35-29)27-17-13-11-14-18-27)45-33(41)34(42)46-32(38(9-3)10-4)24-44-30-22-26(6)40(36-30)28-19-15-12-16-20-28/h21-22,27-28,31-32H,7-20,23-24H2,1-6H3. The fourth-order valence-electron chi connectivity index (χ4n) is 6.80. The Balaban J connectivity index is 1.37. The van der Waals surface area contributed by atoms with Gasteiger partial charge in [-0.05, 0) is 65.7 Å². The number of hydrogen-bond acceptors (Lipinski definition) is 10. The molecule has 0 amide bonds. The smallest absolute Gasteiger partial charge is 0.419 e. The van der Waals surface area contributed by atoms with Crippen LogP contribution in [0, 0.1) is 13.8 Å². The van der Waals surface area contributed by atoms with Gasteiger partial charge < -0.3 is 18.9 Å². The molecule has 0 bridgehead atoms. The molecular formula is C34H56N6O6. The summed E-state index contributed by atoms with van der Waals surface area (Å²) in [6.07, 6.45) is 10.3. The Morgan fingerprint density at radius 2 is 1.02 bits per heavy atom. The summed E-state index contributed by atoms with van der Waals surface area (Å²) >= 11 is 0. The number of likely N-dealkylation sites (N-methyl/N-ethyl adjacent to an activating group) is 2. The topological polar surface area (TPSA) is 113 Å². The van der Waals surface area contributed by atoms with Crippen molar-refractivity contribution in [2.24, 2.45) is 0 Å². The second-order valence-electron chi connectivity index (χ2n) is 12.5. The molecule has 2 aromatic heterocycles. The fraction of sp³-hybridized carbons (Fsp3) is 0.765. The van der Waals surface area contributed by atoms with E-state index in [4.69, 9.17) is 29.1 Å². The Kier molecular flexibility index (Phi) is 13.7. The Labute approximate surface area is 274 Å². The number of carbonyl (C=O) groups is 2. The molecule has 46 heavy (non-hydrogen) atoms. The highest BCUT2D eigenvalue weighted by atomic mass is 16.6. The van der Waals surface area contributed by atoms with Crippen LogP contribution in [0.1, 0.15) is 115 Å². The third-order valence-corrected chi connectivity index (χ3v) is 9.48. The van der Waals surface area contributed by atoms with Gasteiger partial charge in [-0.25, -0.2) is 9.59 Å². The summed E-state index contributed by atoms with van der Waals surface area (Å²) in [4.78, 5) is 30.1. The number of esters is 2. The van der Waals surface area contributed by atoms with Crippen molar-refractivity contribution in [3.63, 3.8) is 0 Å². The predicted octanol–water partition coefficient (Wildman–Crippen LogP) is 5.59. The minimum Gasteiger partial charge on any atom is -0.471 e. The molecule has 0 aromatic carbocycles. The second kappa shape index (κ2) is 17.7. The lowest BCUT2D eigenvalue weighted by atomic mass is 9.95. The fourth-order valence-corrected chi connectivity index (χ4v) is 6.80. The zero-order valence-electron chi connectivity index (χ0n) is 28.9. The highest BCUT2D eigenvalue weighted by molar-refractivity contribution is 6.29. The minimum absolute atomic E-state index is 0.0351. The predicted molar refractivity (Wildman–Crippen MR) is 175 cm³/mol. The van der Waals surface area contributed by atoms with Gasteiger partial charge in [0.15, 0.2) is 12.5 Å². The first-order valence-corrected chi connectivity index (χ1v) is 17.5. The molecule has 2 saturated carbocycles. The normalized spacial score (nSPS) is 17.7. The van der Waals surface area contributed by atoms with Gasteiger partial charge in [-0.2, -0.15) is 0 Å². The second-order valence-corrected chi connectivity index (χ2v) is 12.5. The molecule has 258 valence electrons. The van der Waals surface area contributed by atoms with E-state index in [0.717, 1.165) is 37.1 Å². The summed E-state index contributed by atoms with van der Waals surface area (Å²) in [6.45, 7) is 14.4. The first kappa shape index (κ1) is 35.7. The van der Waals surface area contributed by atoms with Gasteiger partial charge in [0.1, 0.15) is 13.2 Å². The largest absolute Gasteiger partial charge is 0.471 e. The maximum atomic E-state index is 13.1. The molecule has 2 aliphatic carbocycles. The average molecular weight is 645 g/mol. The minimum atomic E-state index is -1.07. The summed E-state index contributed by atoms with van der Waals surface area (Å²) in [5.74, 6) is -1.17. The third-order valence-electron chi connectivity index (χ3n) is 9.48.